The van der Waals surface area contributed by atoms with Crippen molar-refractivity contribution in [1.29, 1.82) is 0 Å². The number of aliphatic hydroxyl groups is 6. The van der Waals surface area contributed by atoms with Crippen LogP contribution in [0.5, 0.6) is 0 Å². The standard InChI is InChI=1S/C16H24N4O13S/c21-3-5-9(23)12(26)11(25)8(17-5)14(28)19-34(30,31)32-4-6-10(24)13(27)15(33-6)20-2-1-7(22)18-16(20)29/h1-2,5-6,8-13,15,17,21,23-27H,3-4H2,(H,19,28)(H,18,22,29)/t5-,6-,8+,9+,10-,11+,12+,13-,15-/m1/s1. The van der Waals surface area contributed by atoms with Gasteiger partial charge in [0.15, 0.2) is 6.23 Å². The summed E-state index contributed by atoms with van der Waals surface area (Å²) in [6.45, 7) is -1.66. The fourth-order valence-corrected chi connectivity index (χ4v) is 4.30. The van der Waals surface area contributed by atoms with Crippen LogP contribution in [0.2, 0.25) is 0 Å². The Balaban J connectivity index is 1.63. The molecule has 1 aromatic rings. The first kappa shape index (κ1) is 26.3. The SMILES string of the molecule is O=C(NS(=O)(=O)OC[C@H]1O[C@@H](n2ccc(=O)[nH]c2=O)[C@H](O)[C@@H]1O)[C@H]1N[C@H](CO)[C@H](O)[C@H](O)[C@H]1O. The van der Waals surface area contributed by atoms with Crippen molar-refractivity contribution in [1.82, 2.24) is 19.6 Å². The second kappa shape index (κ2) is 10.2. The summed E-state index contributed by atoms with van der Waals surface area (Å²) in [6.07, 6.45) is -10.8. The number of carbonyl (C=O) groups is 1. The van der Waals surface area contributed by atoms with Crippen molar-refractivity contribution in [2.24, 2.45) is 0 Å². The monoisotopic (exact) mass is 512 g/mol. The first-order valence-electron chi connectivity index (χ1n) is 9.81. The van der Waals surface area contributed by atoms with Crippen LogP contribution >= 0.6 is 0 Å². The molecule has 0 bridgehead atoms. The smallest absolute Gasteiger partial charge is 0.362 e. The number of carbonyl (C=O) groups excluding carboxylic acids is 1. The molecule has 1 amide bonds. The lowest BCUT2D eigenvalue weighted by atomic mass is 9.90. The Bertz CT molecular complexity index is 1100. The quantitative estimate of drug-likeness (QED) is 0.164. The number of H-pyrrole nitrogens is 1. The summed E-state index contributed by atoms with van der Waals surface area (Å²) < 4.78 is 36.4. The first-order valence-corrected chi connectivity index (χ1v) is 11.2. The summed E-state index contributed by atoms with van der Waals surface area (Å²) in [5, 5.41) is 61.2. The van der Waals surface area contributed by atoms with E-state index < -0.39 is 95.6 Å². The van der Waals surface area contributed by atoms with Crippen molar-refractivity contribution in [3.8, 4) is 0 Å². The van der Waals surface area contributed by atoms with E-state index in [1.54, 1.807) is 0 Å². The third-order valence-electron chi connectivity index (χ3n) is 5.40. The number of aliphatic hydroxyl groups excluding tert-OH is 6. The molecule has 0 aliphatic carbocycles. The highest BCUT2D eigenvalue weighted by Crippen LogP contribution is 2.28. The molecule has 2 saturated heterocycles. The Labute approximate surface area is 190 Å². The molecule has 2 aliphatic heterocycles. The Morgan fingerprint density at radius 2 is 1.76 bits per heavy atom. The zero-order valence-corrected chi connectivity index (χ0v) is 18.0. The summed E-state index contributed by atoms with van der Waals surface area (Å²) in [6, 6.07) is -2.03. The van der Waals surface area contributed by atoms with E-state index in [-0.39, 0.29) is 0 Å². The fraction of sp³-hybridized carbons (Fsp3) is 0.688. The van der Waals surface area contributed by atoms with E-state index in [0.29, 0.717) is 0 Å². The summed E-state index contributed by atoms with van der Waals surface area (Å²) in [5.41, 5.74) is -1.68. The molecule has 9 atom stereocenters. The summed E-state index contributed by atoms with van der Waals surface area (Å²) >= 11 is 0. The van der Waals surface area contributed by atoms with Gasteiger partial charge in [-0.15, -0.1) is 0 Å². The van der Waals surface area contributed by atoms with E-state index in [4.69, 9.17) is 4.74 Å². The minimum absolute atomic E-state index is 0.721. The lowest BCUT2D eigenvalue weighted by Crippen LogP contribution is -2.69. The normalized spacial score (nSPS) is 36.4. The molecule has 2 aliphatic rings. The zero-order valence-electron chi connectivity index (χ0n) is 17.2. The summed E-state index contributed by atoms with van der Waals surface area (Å²) in [4.78, 5) is 37.3. The van der Waals surface area contributed by atoms with Crippen LogP contribution in [0.1, 0.15) is 6.23 Å². The number of hydrogen-bond acceptors (Lipinski definition) is 14. The Hall–Kier alpha value is -2.26. The average molecular weight is 512 g/mol. The maximum Gasteiger partial charge on any atom is 0.362 e. The number of nitrogens with zero attached hydrogens (tertiary/aromatic N) is 1. The average Bonchev–Trinajstić information content (AvgIpc) is 3.04. The van der Waals surface area contributed by atoms with Gasteiger partial charge in [-0.25, -0.2) is 9.52 Å². The highest BCUT2D eigenvalue weighted by atomic mass is 32.2. The van der Waals surface area contributed by atoms with Crippen LogP contribution in [0, 0.1) is 0 Å². The van der Waals surface area contributed by atoms with Crippen molar-refractivity contribution in [3.05, 3.63) is 33.1 Å². The van der Waals surface area contributed by atoms with Crippen LogP contribution in [0.15, 0.2) is 21.9 Å². The van der Waals surface area contributed by atoms with E-state index in [1.807, 2.05) is 4.98 Å². The van der Waals surface area contributed by atoms with Crippen molar-refractivity contribution in [2.75, 3.05) is 13.2 Å². The van der Waals surface area contributed by atoms with Crippen LogP contribution in [0.4, 0.5) is 0 Å². The van der Waals surface area contributed by atoms with Gasteiger partial charge in [-0.1, -0.05) is 0 Å². The molecule has 192 valence electrons. The topological polar surface area (TPSA) is 270 Å². The van der Waals surface area contributed by atoms with E-state index in [2.05, 4.69) is 9.50 Å². The molecule has 18 heteroatoms. The van der Waals surface area contributed by atoms with Gasteiger partial charge in [-0.05, 0) is 0 Å². The van der Waals surface area contributed by atoms with Crippen molar-refractivity contribution < 1.29 is 52.8 Å². The maximum absolute atomic E-state index is 12.3. The van der Waals surface area contributed by atoms with Gasteiger partial charge in [0.05, 0.1) is 19.3 Å². The van der Waals surface area contributed by atoms with Gasteiger partial charge in [-0.2, -0.15) is 8.42 Å². The molecule has 0 unspecified atom stereocenters. The number of amides is 1. The molecule has 1 aromatic heterocycles. The van der Waals surface area contributed by atoms with E-state index in [9.17, 15) is 53.4 Å². The number of ether oxygens (including phenoxy) is 1. The van der Waals surface area contributed by atoms with E-state index in [0.717, 1.165) is 16.8 Å². The van der Waals surface area contributed by atoms with Crippen LogP contribution in [-0.2, 0) is 24.0 Å². The molecule has 17 nitrogen and oxygen atoms in total. The van der Waals surface area contributed by atoms with Gasteiger partial charge >= 0.3 is 16.0 Å². The molecule has 0 aromatic carbocycles. The number of hydrogen-bond donors (Lipinski definition) is 9. The van der Waals surface area contributed by atoms with Gasteiger partial charge in [0.2, 0.25) is 0 Å². The molecule has 3 rings (SSSR count). The second-order valence-electron chi connectivity index (χ2n) is 7.67. The van der Waals surface area contributed by atoms with Crippen molar-refractivity contribution >= 4 is 16.2 Å². The lowest BCUT2D eigenvalue weighted by molar-refractivity contribution is -0.143. The van der Waals surface area contributed by atoms with E-state index >= 15 is 0 Å². The minimum Gasteiger partial charge on any atom is -0.395 e. The van der Waals surface area contributed by atoms with Crippen molar-refractivity contribution in [2.45, 2.75) is 54.9 Å². The van der Waals surface area contributed by atoms with Gasteiger partial charge in [-0.3, -0.25) is 28.6 Å². The first-order chi connectivity index (χ1) is 15.9. The molecule has 9 N–H and O–H groups in total. The third-order valence-corrected chi connectivity index (χ3v) is 6.30. The highest BCUT2D eigenvalue weighted by molar-refractivity contribution is 7.85. The van der Waals surface area contributed by atoms with Crippen LogP contribution in [0.25, 0.3) is 0 Å². The number of piperidine rings is 1. The predicted molar refractivity (Wildman–Crippen MR) is 106 cm³/mol. The summed E-state index contributed by atoms with van der Waals surface area (Å²) in [5.74, 6) is -1.39. The number of rotatable bonds is 7. The molecule has 34 heavy (non-hydrogen) atoms. The van der Waals surface area contributed by atoms with E-state index in [1.165, 1.54) is 4.72 Å². The van der Waals surface area contributed by atoms with Gasteiger partial charge in [0, 0.05) is 12.3 Å². The third kappa shape index (κ3) is 5.35. The molecule has 0 saturated carbocycles. The predicted octanol–water partition coefficient (Wildman–Crippen LogP) is -7.05. The Morgan fingerprint density at radius 3 is 2.38 bits per heavy atom. The van der Waals surface area contributed by atoms with Gasteiger partial charge < -0.3 is 35.4 Å². The summed E-state index contributed by atoms with van der Waals surface area (Å²) in [7, 11) is -4.88. The lowest BCUT2D eigenvalue weighted by Gasteiger charge is -2.39. The number of aromatic nitrogens is 2. The van der Waals surface area contributed by atoms with Crippen LogP contribution < -0.4 is 21.3 Å². The molecule has 3 heterocycles. The molecular weight excluding hydrogens is 488 g/mol. The molecular formula is C16H24N4O13S. The van der Waals surface area contributed by atoms with Crippen LogP contribution in [0.3, 0.4) is 0 Å². The molecule has 0 spiro atoms. The van der Waals surface area contributed by atoms with Gasteiger partial charge in [0.25, 0.3) is 11.5 Å². The number of nitrogens with one attached hydrogen (secondary N) is 3. The van der Waals surface area contributed by atoms with Crippen molar-refractivity contribution in [3.63, 3.8) is 0 Å². The Morgan fingerprint density at radius 1 is 1.09 bits per heavy atom. The second-order valence-corrected chi connectivity index (χ2v) is 9.02. The fourth-order valence-electron chi connectivity index (χ4n) is 3.55. The number of aromatic amines is 1. The Kier molecular flexibility index (Phi) is 7.87. The minimum atomic E-state index is -4.88. The van der Waals surface area contributed by atoms with Crippen LogP contribution in [-0.4, -0.2) is 116 Å². The molecule has 0 radical (unpaired) electrons. The molecule has 2 fully saturated rings. The zero-order chi connectivity index (χ0) is 25.4. The van der Waals surface area contributed by atoms with Gasteiger partial charge in [0.1, 0.15) is 42.7 Å². The highest BCUT2D eigenvalue weighted by Gasteiger charge is 2.47. The largest absolute Gasteiger partial charge is 0.395 e. The maximum atomic E-state index is 12.3.